The maximum atomic E-state index is 12.8. The van der Waals surface area contributed by atoms with Crippen molar-refractivity contribution in [2.75, 3.05) is 18.9 Å². The van der Waals surface area contributed by atoms with Gasteiger partial charge < -0.3 is 10.8 Å². The van der Waals surface area contributed by atoms with Crippen LogP contribution in [0.4, 0.5) is 5.82 Å². The van der Waals surface area contributed by atoms with Gasteiger partial charge in [0.15, 0.2) is 15.8 Å². The topological polar surface area (TPSA) is 101 Å². The number of hydrogen-bond acceptors (Lipinski definition) is 6. The fourth-order valence-electron chi connectivity index (χ4n) is 2.62. The first-order valence-electron chi connectivity index (χ1n) is 6.39. The first kappa shape index (κ1) is 13.8. The average molecular weight is 316 g/mol. The second kappa shape index (κ2) is 4.99. The summed E-state index contributed by atoms with van der Waals surface area (Å²) < 4.78 is 28.5. The molecule has 0 spiro atoms. The maximum Gasteiger partial charge on any atom is 0.263 e. The second-order valence-electron chi connectivity index (χ2n) is 4.81. The molecule has 2 aromatic heterocycles. The van der Waals surface area contributed by atoms with Crippen LogP contribution in [0, 0.1) is 0 Å². The molecule has 0 amide bonds. The van der Waals surface area contributed by atoms with Gasteiger partial charge in [-0.3, -0.25) is 4.40 Å². The fraction of sp³-hybridized carbons (Fsp3) is 0.545. The van der Waals surface area contributed by atoms with Crippen molar-refractivity contribution in [1.82, 2.24) is 13.7 Å². The van der Waals surface area contributed by atoms with E-state index in [1.54, 1.807) is 11.6 Å². The monoisotopic (exact) mass is 316 g/mol. The number of aliphatic hydroxyl groups is 1. The van der Waals surface area contributed by atoms with Crippen molar-refractivity contribution in [1.29, 1.82) is 0 Å². The Balaban J connectivity index is 2.11. The number of aliphatic hydroxyl groups excluding tert-OH is 1. The van der Waals surface area contributed by atoms with E-state index in [9.17, 15) is 13.5 Å². The molecule has 2 aromatic rings. The fourth-order valence-corrected chi connectivity index (χ4v) is 5.26. The molecule has 7 nitrogen and oxygen atoms in total. The van der Waals surface area contributed by atoms with E-state index in [4.69, 9.17) is 5.73 Å². The van der Waals surface area contributed by atoms with E-state index in [2.05, 4.69) is 4.98 Å². The van der Waals surface area contributed by atoms with E-state index >= 15 is 0 Å². The largest absolute Gasteiger partial charge is 0.395 e. The van der Waals surface area contributed by atoms with Crippen LogP contribution in [0.25, 0.3) is 4.96 Å². The minimum atomic E-state index is -3.75. The predicted octanol–water partition coefficient (Wildman–Crippen LogP) is 0.513. The lowest BCUT2D eigenvalue weighted by atomic mass is 10.1. The summed E-state index contributed by atoms with van der Waals surface area (Å²) >= 11 is 1.33. The third-order valence-electron chi connectivity index (χ3n) is 3.58. The van der Waals surface area contributed by atoms with Gasteiger partial charge in [-0.15, -0.1) is 11.3 Å². The molecule has 0 saturated carbocycles. The third kappa shape index (κ3) is 2.01. The van der Waals surface area contributed by atoms with Gasteiger partial charge in [-0.1, -0.05) is 6.42 Å². The van der Waals surface area contributed by atoms with Crippen molar-refractivity contribution in [2.45, 2.75) is 30.3 Å². The first-order chi connectivity index (χ1) is 9.55. The summed E-state index contributed by atoms with van der Waals surface area (Å²) in [6.07, 6.45) is 4.03. The van der Waals surface area contributed by atoms with Gasteiger partial charge in [0, 0.05) is 24.2 Å². The van der Waals surface area contributed by atoms with Crippen molar-refractivity contribution in [3.63, 3.8) is 0 Å². The molecule has 3 N–H and O–H groups in total. The van der Waals surface area contributed by atoms with Crippen molar-refractivity contribution in [3.05, 3.63) is 11.6 Å². The van der Waals surface area contributed by atoms with Gasteiger partial charge in [-0.2, -0.15) is 4.31 Å². The highest BCUT2D eigenvalue weighted by Crippen LogP contribution is 2.30. The number of nitrogen functional groups attached to an aromatic ring is 1. The maximum absolute atomic E-state index is 12.8. The molecule has 1 saturated heterocycles. The van der Waals surface area contributed by atoms with Gasteiger partial charge in [0.25, 0.3) is 10.0 Å². The summed E-state index contributed by atoms with van der Waals surface area (Å²) in [5.41, 5.74) is 5.78. The molecule has 1 aliphatic heterocycles. The zero-order chi connectivity index (χ0) is 14.3. The minimum absolute atomic E-state index is 0.00843. The molecule has 0 radical (unpaired) electrons. The van der Waals surface area contributed by atoms with Gasteiger partial charge in [-0.25, -0.2) is 13.4 Å². The Hall–Kier alpha value is -1.16. The van der Waals surface area contributed by atoms with Crippen LogP contribution in [0.1, 0.15) is 19.3 Å². The smallest absolute Gasteiger partial charge is 0.263 e. The van der Waals surface area contributed by atoms with E-state index in [1.807, 2.05) is 0 Å². The number of aromatic nitrogens is 2. The van der Waals surface area contributed by atoms with Crippen LogP contribution in [-0.4, -0.2) is 46.4 Å². The lowest BCUT2D eigenvalue weighted by Crippen LogP contribution is -2.45. The molecule has 0 bridgehead atoms. The standard InChI is InChI=1S/C11H16N4O3S2/c12-9-10(14-5-6-19-11(14)13-9)20(17,18)15-4-2-1-3-8(15)7-16/h5-6,8,16H,1-4,7,12H2. The Bertz CT molecular complexity index is 721. The summed E-state index contributed by atoms with van der Waals surface area (Å²) in [4.78, 5) is 4.63. The zero-order valence-electron chi connectivity index (χ0n) is 10.8. The van der Waals surface area contributed by atoms with Crippen LogP contribution in [0.3, 0.4) is 0 Å². The number of piperidine rings is 1. The number of nitrogens with zero attached hydrogens (tertiary/aromatic N) is 3. The number of sulfonamides is 1. The lowest BCUT2D eigenvalue weighted by molar-refractivity contribution is 0.155. The molecule has 1 atom stereocenters. The number of fused-ring (bicyclic) bond motifs is 1. The zero-order valence-corrected chi connectivity index (χ0v) is 12.4. The second-order valence-corrected chi connectivity index (χ2v) is 7.48. The lowest BCUT2D eigenvalue weighted by Gasteiger charge is -2.33. The number of rotatable bonds is 3. The molecule has 1 fully saturated rings. The van der Waals surface area contributed by atoms with Gasteiger partial charge in [-0.05, 0) is 12.8 Å². The molecule has 3 heterocycles. The van der Waals surface area contributed by atoms with E-state index in [0.717, 1.165) is 12.8 Å². The van der Waals surface area contributed by atoms with E-state index < -0.39 is 10.0 Å². The first-order valence-corrected chi connectivity index (χ1v) is 8.71. The van der Waals surface area contributed by atoms with Crippen LogP contribution in [-0.2, 0) is 10.0 Å². The molecular weight excluding hydrogens is 300 g/mol. The summed E-state index contributed by atoms with van der Waals surface area (Å²) in [5, 5.41) is 11.2. The van der Waals surface area contributed by atoms with Crippen LogP contribution >= 0.6 is 11.3 Å². The minimum Gasteiger partial charge on any atom is -0.395 e. The van der Waals surface area contributed by atoms with Gasteiger partial charge >= 0.3 is 0 Å². The van der Waals surface area contributed by atoms with Crippen LogP contribution in [0.2, 0.25) is 0 Å². The number of imidazole rings is 1. The quantitative estimate of drug-likeness (QED) is 0.859. The van der Waals surface area contributed by atoms with Gasteiger partial charge in [0.1, 0.15) is 0 Å². The predicted molar refractivity (Wildman–Crippen MR) is 76.1 cm³/mol. The van der Waals surface area contributed by atoms with Crippen LogP contribution in [0.5, 0.6) is 0 Å². The Morgan fingerprint density at radius 1 is 1.50 bits per heavy atom. The highest BCUT2D eigenvalue weighted by Gasteiger charge is 2.36. The Labute approximate surface area is 120 Å². The Morgan fingerprint density at radius 2 is 2.30 bits per heavy atom. The number of nitrogens with two attached hydrogens (primary N) is 1. The van der Waals surface area contributed by atoms with Gasteiger partial charge in [0.05, 0.1) is 6.61 Å². The number of anilines is 1. The normalized spacial score (nSPS) is 21.6. The summed E-state index contributed by atoms with van der Waals surface area (Å²) in [6.45, 7) is 0.231. The SMILES string of the molecule is Nc1nc2sccn2c1S(=O)(=O)N1CCCCC1CO. The summed E-state index contributed by atoms with van der Waals surface area (Å²) in [7, 11) is -3.75. The van der Waals surface area contributed by atoms with Crippen LogP contribution in [0.15, 0.2) is 16.6 Å². The Kier molecular flexibility index (Phi) is 3.44. The molecule has 3 rings (SSSR count). The molecule has 9 heteroatoms. The van der Waals surface area contributed by atoms with Gasteiger partial charge in [0.2, 0.25) is 0 Å². The highest BCUT2D eigenvalue weighted by atomic mass is 32.2. The number of hydrogen-bond donors (Lipinski definition) is 2. The van der Waals surface area contributed by atoms with Crippen molar-refractivity contribution >= 4 is 32.1 Å². The van der Waals surface area contributed by atoms with E-state index in [-0.39, 0.29) is 23.5 Å². The Morgan fingerprint density at radius 3 is 3.05 bits per heavy atom. The third-order valence-corrected chi connectivity index (χ3v) is 6.33. The highest BCUT2D eigenvalue weighted by molar-refractivity contribution is 7.89. The number of thiazole rings is 1. The average Bonchev–Trinajstić information content (AvgIpc) is 2.97. The molecule has 0 aliphatic carbocycles. The van der Waals surface area contributed by atoms with E-state index in [1.165, 1.54) is 20.0 Å². The summed E-state index contributed by atoms with van der Waals surface area (Å²) in [6, 6.07) is -0.377. The molecule has 110 valence electrons. The molecule has 20 heavy (non-hydrogen) atoms. The van der Waals surface area contributed by atoms with Crippen molar-refractivity contribution in [3.8, 4) is 0 Å². The molecular formula is C11H16N4O3S2. The van der Waals surface area contributed by atoms with Crippen molar-refractivity contribution in [2.24, 2.45) is 0 Å². The van der Waals surface area contributed by atoms with E-state index in [0.29, 0.717) is 17.9 Å². The molecule has 1 aliphatic rings. The summed E-state index contributed by atoms with van der Waals surface area (Å²) in [5.74, 6) is 0.0131. The molecule has 1 unspecified atom stereocenters. The van der Waals surface area contributed by atoms with Crippen LogP contribution < -0.4 is 5.73 Å². The molecule has 0 aromatic carbocycles. The van der Waals surface area contributed by atoms with Crippen molar-refractivity contribution < 1.29 is 13.5 Å².